The van der Waals surface area contributed by atoms with Gasteiger partial charge in [0, 0.05) is 0 Å². The fourth-order valence-electron chi connectivity index (χ4n) is 1.02. The summed E-state index contributed by atoms with van der Waals surface area (Å²) in [4.78, 5) is 0. The summed E-state index contributed by atoms with van der Waals surface area (Å²) in [6, 6.07) is 19.2. The van der Waals surface area contributed by atoms with E-state index in [4.69, 9.17) is 7.64 Å². The second-order valence-electron chi connectivity index (χ2n) is 2.83. The van der Waals surface area contributed by atoms with Crippen molar-refractivity contribution in [1.29, 1.82) is 0 Å². The third kappa shape index (κ3) is 4.15. The predicted octanol–water partition coefficient (Wildman–Crippen LogP) is 0.0609. The first kappa shape index (κ1) is 12.9. The molecule has 0 N–H and O–H groups in total. The topological polar surface area (TPSA) is 18.5 Å². The molecule has 2 nitrogen and oxygen atoms in total. The quantitative estimate of drug-likeness (QED) is 0.736. The van der Waals surface area contributed by atoms with Gasteiger partial charge in [0.15, 0.2) is 0 Å². The maximum absolute atomic E-state index is 5.39. The molecular weight excluding hydrogens is 267 g/mol. The summed E-state index contributed by atoms with van der Waals surface area (Å²) in [5.41, 5.74) is 0. The van der Waals surface area contributed by atoms with Crippen molar-refractivity contribution < 1.29 is 35.7 Å². The summed E-state index contributed by atoms with van der Waals surface area (Å²) >= 11 is 0.230. The average Bonchev–Trinajstić information content (AvgIpc) is 2.32. The number of benzene rings is 2. The van der Waals surface area contributed by atoms with E-state index in [0.717, 1.165) is 11.5 Å². The van der Waals surface area contributed by atoms with Crippen molar-refractivity contribution in [2.45, 2.75) is 0 Å². The first-order valence-corrected chi connectivity index (χ1v) is 5.42. The zero-order chi connectivity index (χ0) is 10.3. The van der Waals surface area contributed by atoms with Crippen LogP contribution in [0.4, 0.5) is 0 Å². The van der Waals surface area contributed by atoms with Crippen LogP contribution in [0.5, 0.6) is 11.5 Å². The SMILES string of the molecule is [Cl-].c1ccc([O][Fe+][O]c2ccccc2)cc1. The van der Waals surface area contributed by atoms with Gasteiger partial charge in [0.2, 0.25) is 0 Å². The standard InChI is InChI=1S/2C6H6O.ClH.Fe/c2*7-6-4-2-1-3-5-6;;/h2*1-5,7H;1H;/q;;;+3/p-3. The maximum atomic E-state index is 5.39. The van der Waals surface area contributed by atoms with E-state index in [1.54, 1.807) is 0 Å². The number of rotatable bonds is 4. The molecule has 0 saturated heterocycles. The number of hydrogen-bond donors (Lipinski definition) is 0. The van der Waals surface area contributed by atoms with Crippen LogP contribution in [-0.2, 0) is 15.6 Å². The van der Waals surface area contributed by atoms with Gasteiger partial charge in [-0.25, -0.2) is 0 Å². The molecule has 4 heteroatoms. The van der Waals surface area contributed by atoms with Crippen LogP contribution in [-0.4, -0.2) is 0 Å². The fourth-order valence-corrected chi connectivity index (χ4v) is 1.58. The van der Waals surface area contributed by atoms with E-state index in [9.17, 15) is 0 Å². The van der Waals surface area contributed by atoms with Gasteiger partial charge in [-0.15, -0.1) is 0 Å². The molecule has 2 aromatic carbocycles. The van der Waals surface area contributed by atoms with Crippen LogP contribution < -0.4 is 20.0 Å². The molecule has 0 heterocycles. The van der Waals surface area contributed by atoms with Crippen molar-refractivity contribution in [3.8, 4) is 11.5 Å². The normalized spacial score (nSPS) is 9.00. The summed E-state index contributed by atoms with van der Waals surface area (Å²) in [6.07, 6.45) is 0. The monoisotopic (exact) mass is 277 g/mol. The predicted molar refractivity (Wildman–Crippen MR) is 54.1 cm³/mol. The minimum atomic E-state index is 0. The van der Waals surface area contributed by atoms with E-state index >= 15 is 0 Å². The second kappa shape index (κ2) is 7.18. The van der Waals surface area contributed by atoms with Crippen LogP contribution in [0.3, 0.4) is 0 Å². The molecule has 2 aromatic rings. The first-order valence-electron chi connectivity index (χ1n) is 4.52. The van der Waals surface area contributed by atoms with Gasteiger partial charge in [0.25, 0.3) is 0 Å². The molecule has 0 atom stereocenters. The third-order valence-electron chi connectivity index (χ3n) is 1.71. The van der Waals surface area contributed by atoms with E-state index in [1.807, 2.05) is 60.7 Å². The van der Waals surface area contributed by atoms with Gasteiger partial charge in [-0.3, -0.25) is 0 Å². The summed E-state index contributed by atoms with van der Waals surface area (Å²) in [7, 11) is 0. The molecule has 0 aliphatic carbocycles. The Morgan fingerprint density at radius 3 is 1.38 bits per heavy atom. The molecule has 16 heavy (non-hydrogen) atoms. The molecular formula is C12H10ClFeO2. The zero-order valence-electron chi connectivity index (χ0n) is 8.32. The summed E-state index contributed by atoms with van der Waals surface area (Å²) in [5.74, 6) is 1.63. The van der Waals surface area contributed by atoms with Crippen LogP contribution in [0, 0.1) is 0 Å². The van der Waals surface area contributed by atoms with Crippen LogP contribution in [0.15, 0.2) is 60.7 Å². The van der Waals surface area contributed by atoms with E-state index in [2.05, 4.69) is 0 Å². The number of halogens is 1. The van der Waals surface area contributed by atoms with Crippen molar-refractivity contribution >= 4 is 0 Å². The fraction of sp³-hybridized carbons (Fsp3) is 0. The number of hydrogen-bond acceptors (Lipinski definition) is 2. The molecule has 0 unspecified atom stereocenters. The Bertz CT molecular complexity index is 355. The van der Waals surface area contributed by atoms with Gasteiger partial charge < -0.3 is 12.4 Å². The molecule has 0 bridgehead atoms. The van der Waals surface area contributed by atoms with E-state index < -0.39 is 0 Å². The van der Waals surface area contributed by atoms with Gasteiger partial charge in [0.1, 0.15) is 0 Å². The molecule has 0 aliphatic rings. The van der Waals surface area contributed by atoms with E-state index in [0.29, 0.717) is 0 Å². The Kier molecular flexibility index (Phi) is 5.79. The van der Waals surface area contributed by atoms with Gasteiger partial charge in [0.05, 0.1) is 0 Å². The van der Waals surface area contributed by atoms with Gasteiger partial charge in [-0.1, -0.05) is 0 Å². The molecule has 0 fully saturated rings. The Morgan fingerprint density at radius 1 is 0.625 bits per heavy atom. The van der Waals surface area contributed by atoms with E-state index in [-0.39, 0.29) is 28.0 Å². The van der Waals surface area contributed by atoms with Crippen LogP contribution in [0.25, 0.3) is 0 Å². The Hall–Kier alpha value is -1.15. The molecule has 0 aliphatic heterocycles. The molecule has 0 saturated carbocycles. The second-order valence-corrected chi connectivity index (χ2v) is 3.46. The van der Waals surface area contributed by atoms with Gasteiger partial charge >= 0.3 is 95.4 Å². The summed E-state index contributed by atoms with van der Waals surface area (Å²) in [5, 5.41) is 0. The average molecular weight is 278 g/mol. The summed E-state index contributed by atoms with van der Waals surface area (Å²) in [6.45, 7) is 0. The van der Waals surface area contributed by atoms with Crippen molar-refractivity contribution in [3.63, 3.8) is 0 Å². The van der Waals surface area contributed by atoms with Crippen molar-refractivity contribution in [2.24, 2.45) is 0 Å². The Labute approximate surface area is 108 Å². The zero-order valence-corrected chi connectivity index (χ0v) is 10.2. The van der Waals surface area contributed by atoms with Gasteiger partial charge in [-0.2, -0.15) is 0 Å². The third-order valence-corrected chi connectivity index (χ3v) is 2.42. The van der Waals surface area contributed by atoms with Crippen molar-refractivity contribution in [1.82, 2.24) is 0 Å². The molecule has 0 spiro atoms. The van der Waals surface area contributed by atoms with E-state index in [1.165, 1.54) is 0 Å². The molecule has 0 aromatic heterocycles. The Morgan fingerprint density at radius 2 is 1.00 bits per heavy atom. The molecule has 0 amide bonds. The molecule has 2 rings (SSSR count). The number of para-hydroxylation sites is 2. The van der Waals surface area contributed by atoms with Crippen molar-refractivity contribution in [2.75, 3.05) is 0 Å². The molecule has 85 valence electrons. The van der Waals surface area contributed by atoms with Crippen LogP contribution in [0.2, 0.25) is 0 Å². The molecule has 0 radical (unpaired) electrons. The first-order chi connectivity index (χ1) is 7.45. The van der Waals surface area contributed by atoms with Gasteiger partial charge in [-0.05, 0) is 0 Å². The van der Waals surface area contributed by atoms with Crippen LogP contribution >= 0.6 is 0 Å². The summed E-state index contributed by atoms with van der Waals surface area (Å²) < 4.78 is 10.8. The Balaban J connectivity index is 0.00000128. The van der Waals surface area contributed by atoms with Crippen LogP contribution in [0.1, 0.15) is 0 Å². The van der Waals surface area contributed by atoms with Crippen molar-refractivity contribution in [3.05, 3.63) is 60.7 Å². The minimum absolute atomic E-state index is 0.